The van der Waals surface area contributed by atoms with Crippen molar-refractivity contribution in [2.24, 2.45) is 0 Å². The Morgan fingerprint density at radius 2 is 1.50 bits per heavy atom. The lowest BCUT2D eigenvalue weighted by Crippen LogP contribution is -2.61. The van der Waals surface area contributed by atoms with Crippen molar-refractivity contribution in [3.63, 3.8) is 0 Å². The van der Waals surface area contributed by atoms with E-state index in [0.717, 1.165) is 12.1 Å². The van der Waals surface area contributed by atoms with Crippen LogP contribution >= 0.6 is 0 Å². The van der Waals surface area contributed by atoms with Crippen LogP contribution in [0.25, 0.3) is 0 Å². The average molecular weight is 337 g/mol. The lowest BCUT2D eigenvalue weighted by Gasteiger charge is -2.48. The molecular formula is C20H40N4. The van der Waals surface area contributed by atoms with Crippen LogP contribution in [0.5, 0.6) is 0 Å². The molecule has 2 bridgehead atoms. The molecule has 3 saturated heterocycles. The number of piperidine rings is 1. The number of likely N-dealkylation sites (tertiary alicyclic amines) is 2. The second kappa shape index (κ2) is 6.86. The smallest absolute Gasteiger partial charge is 0.0513 e. The molecule has 0 aliphatic carbocycles. The van der Waals surface area contributed by atoms with E-state index in [0.29, 0.717) is 11.6 Å². The Bertz CT molecular complexity index is 408. The Kier molecular flexibility index (Phi) is 5.33. The summed E-state index contributed by atoms with van der Waals surface area (Å²) < 4.78 is 0. The fourth-order valence-electron chi connectivity index (χ4n) is 4.91. The third-order valence-electron chi connectivity index (χ3n) is 6.09. The highest BCUT2D eigenvalue weighted by Gasteiger charge is 2.43. The highest BCUT2D eigenvalue weighted by Crippen LogP contribution is 2.33. The fourth-order valence-corrected chi connectivity index (χ4v) is 4.91. The fraction of sp³-hybridized carbons (Fsp3) is 1.00. The van der Waals surface area contributed by atoms with E-state index in [-0.39, 0.29) is 5.54 Å². The van der Waals surface area contributed by atoms with Gasteiger partial charge in [-0.05, 0) is 73.8 Å². The van der Waals surface area contributed by atoms with Crippen molar-refractivity contribution in [1.29, 1.82) is 0 Å². The highest BCUT2D eigenvalue weighted by atomic mass is 15.4. The zero-order valence-corrected chi connectivity index (χ0v) is 16.9. The van der Waals surface area contributed by atoms with E-state index in [1.807, 2.05) is 0 Å². The van der Waals surface area contributed by atoms with Gasteiger partial charge in [-0.1, -0.05) is 0 Å². The van der Waals surface area contributed by atoms with Crippen LogP contribution in [0.1, 0.15) is 67.2 Å². The van der Waals surface area contributed by atoms with Gasteiger partial charge in [-0.2, -0.15) is 0 Å². The molecule has 3 fully saturated rings. The van der Waals surface area contributed by atoms with Gasteiger partial charge < -0.3 is 5.32 Å². The zero-order chi connectivity index (χ0) is 17.5. The maximum atomic E-state index is 3.82. The lowest BCUT2D eigenvalue weighted by molar-refractivity contribution is -0.0189. The van der Waals surface area contributed by atoms with Crippen molar-refractivity contribution >= 4 is 0 Å². The molecular weight excluding hydrogens is 296 g/mol. The van der Waals surface area contributed by atoms with E-state index in [9.17, 15) is 0 Å². The molecule has 1 N–H and O–H groups in total. The molecule has 3 heterocycles. The molecule has 0 aromatic carbocycles. The monoisotopic (exact) mass is 336 g/mol. The molecule has 4 nitrogen and oxygen atoms in total. The number of fused-ring (bicyclic) bond motifs is 2. The molecule has 0 aromatic heterocycles. The quantitative estimate of drug-likeness (QED) is 0.855. The zero-order valence-electron chi connectivity index (χ0n) is 16.9. The lowest BCUT2D eigenvalue weighted by atomic mass is 10.0. The molecule has 0 saturated carbocycles. The minimum Gasteiger partial charge on any atom is -0.308 e. The van der Waals surface area contributed by atoms with E-state index < -0.39 is 0 Å². The van der Waals surface area contributed by atoms with Gasteiger partial charge in [0.2, 0.25) is 0 Å². The Hall–Kier alpha value is -0.160. The SMILES string of the molecule is CC(C)(C)N[C@@H]1CCCN(CN2C3CCC2CN(C(C)(C)C)C3)C1. The van der Waals surface area contributed by atoms with E-state index >= 15 is 0 Å². The van der Waals surface area contributed by atoms with Crippen molar-refractivity contribution in [1.82, 2.24) is 20.0 Å². The van der Waals surface area contributed by atoms with Crippen LogP contribution in [0.4, 0.5) is 0 Å². The van der Waals surface area contributed by atoms with Gasteiger partial charge >= 0.3 is 0 Å². The molecule has 3 atom stereocenters. The van der Waals surface area contributed by atoms with Crippen LogP contribution in [0.3, 0.4) is 0 Å². The highest BCUT2D eigenvalue weighted by molar-refractivity contribution is 4.99. The molecule has 3 aliphatic heterocycles. The van der Waals surface area contributed by atoms with Crippen LogP contribution in [0.2, 0.25) is 0 Å². The first kappa shape index (κ1) is 18.6. The second-order valence-corrected chi connectivity index (χ2v) is 10.4. The standard InChI is InChI=1S/C20H40N4/c1-19(2,3)21-16-8-7-11-22(12-16)15-24-17-9-10-18(24)14-23(13-17)20(4,5)6/h16-18,21H,7-15H2,1-6H3/t16-,17?,18?/m1/s1. The summed E-state index contributed by atoms with van der Waals surface area (Å²) in [6.45, 7) is 20.2. The molecule has 0 amide bonds. The molecule has 24 heavy (non-hydrogen) atoms. The minimum atomic E-state index is 0.227. The summed E-state index contributed by atoms with van der Waals surface area (Å²) in [4.78, 5) is 8.26. The van der Waals surface area contributed by atoms with Crippen molar-refractivity contribution in [3.8, 4) is 0 Å². The summed E-state index contributed by atoms with van der Waals surface area (Å²) in [6, 6.07) is 2.21. The summed E-state index contributed by atoms with van der Waals surface area (Å²) in [5, 5.41) is 3.82. The maximum Gasteiger partial charge on any atom is 0.0513 e. The van der Waals surface area contributed by atoms with E-state index in [4.69, 9.17) is 0 Å². The Morgan fingerprint density at radius 1 is 0.875 bits per heavy atom. The van der Waals surface area contributed by atoms with Crippen molar-refractivity contribution in [3.05, 3.63) is 0 Å². The Balaban J connectivity index is 1.55. The molecule has 3 aliphatic rings. The Labute approximate surface area is 149 Å². The molecule has 3 rings (SSSR count). The summed E-state index contributed by atoms with van der Waals surface area (Å²) in [6.07, 6.45) is 5.47. The predicted molar refractivity (Wildman–Crippen MR) is 102 cm³/mol. The third-order valence-corrected chi connectivity index (χ3v) is 6.09. The van der Waals surface area contributed by atoms with E-state index in [1.165, 1.54) is 58.5 Å². The van der Waals surface area contributed by atoms with Crippen molar-refractivity contribution in [2.75, 3.05) is 32.8 Å². The van der Waals surface area contributed by atoms with Crippen LogP contribution < -0.4 is 5.32 Å². The van der Waals surface area contributed by atoms with Crippen molar-refractivity contribution in [2.45, 2.75) is 96.4 Å². The van der Waals surface area contributed by atoms with Gasteiger partial charge in [0, 0.05) is 48.8 Å². The minimum absolute atomic E-state index is 0.227. The van der Waals surface area contributed by atoms with Gasteiger partial charge in [0.15, 0.2) is 0 Å². The van der Waals surface area contributed by atoms with Crippen LogP contribution in [0.15, 0.2) is 0 Å². The van der Waals surface area contributed by atoms with Gasteiger partial charge in [0.25, 0.3) is 0 Å². The predicted octanol–water partition coefficient (Wildman–Crippen LogP) is 2.74. The number of nitrogens with zero attached hydrogens (tertiary/aromatic N) is 3. The van der Waals surface area contributed by atoms with Crippen LogP contribution in [-0.2, 0) is 0 Å². The van der Waals surface area contributed by atoms with E-state index in [1.54, 1.807) is 0 Å². The second-order valence-electron chi connectivity index (χ2n) is 10.4. The van der Waals surface area contributed by atoms with E-state index in [2.05, 4.69) is 61.6 Å². The first-order chi connectivity index (χ1) is 11.1. The summed E-state index contributed by atoms with van der Waals surface area (Å²) in [7, 11) is 0. The average Bonchev–Trinajstić information content (AvgIpc) is 2.67. The van der Waals surface area contributed by atoms with Gasteiger partial charge in [-0.15, -0.1) is 0 Å². The number of hydrogen-bond acceptors (Lipinski definition) is 4. The van der Waals surface area contributed by atoms with Gasteiger partial charge in [0.05, 0.1) is 6.67 Å². The summed E-state index contributed by atoms with van der Waals surface area (Å²) in [5.41, 5.74) is 0.546. The molecule has 4 heteroatoms. The molecule has 140 valence electrons. The topological polar surface area (TPSA) is 21.8 Å². The first-order valence-electron chi connectivity index (χ1n) is 10.1. The Morgan fingerprint density at radius 3 is 2.04 bits per heavy atom. The maximum absolute atomic E-state index is 3.82. The van der Waals surface area contributed by atoms with Crippen molar-refractivity contribution < 1.29 is 0 Å². The number of rotatable bonds is 3. The molecule has 0 spiro atoms. The summed E-state index contributed by atoms with van der Waals surface area (Å²) in [5.74, 6) is 0. The van der Waals surface area contributed by atoms with Gasteiger partial charge in [-0.3, -0.25) is 14.7 Å². The summed E-state index contributed by atoms with van der Waals surface area (Å²) >= 11 is 0. The molecule has 0 aromatic rings. The first-order valence-corrected chi connectivity index (χ1v) is 10.1. The van der Waals surface area contributed by atoms with Crippen LogP contribution in [0, 0.1) is 0 Å². The van der Waals surface area contributed by atoms with Gasteiger partial charge in [-0.25, -0.2) is 0 Å². The molecule has 2 unspecified atom stereocenters. The molecule has 0 radical (unpaired) electrons. The number of hydrogen-bond donors (Lipinski definition) is 1. The van der Waals surface area contributed by atoms with Gasteiger partial charge in [0.1, 0.15) is 0 Å². The number of nitrogens with one attached hydrogen (secondary N) is 1. The third kappa shape index (κ3) is 4.51. The number of piperazine rings is 1. The normalized spacial score (nSPS) is 34.0. The largest absolute Gasteiger partial charge is 0.308 e. The van der Waals surface area contributed by atoms with Crippen LogP contribution in [-0.4, -0.2) is 76.8 Å².